The molecule has 2 aromatic carbocycles. The van der Waals surface area contributed by atoms with Gasteiger partial charge in [-0.2, -0.15) is 0 Å². The van der Waals surface area contributed by atoms with Gasteiger partial charge >= 0.3 is 0 Å². The first-order valence-electron chi connectivity index (χ1n) is 9.70. The van der Waals surface area contributed by atoms with Gasteiger partial charge in [-0.15, -0.1) is 0 Å². The third-order valence-corrected chi connectivity index (χ3v) is 5.60. The summed E-state index contributed by atoms with van der Waals surface area (Å²) in [6, 6.07) is 12.9. The minimum absolute atomic E-state index is 0.0938. The molecule has 1 aliphatic heterocycles. The average Bonchev–Trinajstić information content (AvgIpc) is 3.16. The van der Waals surface area contributed by atoms with Gasteiger partial charge in [-0.25, -0.2) is 4.98 Å². The van der Waals surface area contributed by atoms with Gasteiger partial charge in [-0.1, -0.05) is 24.4 Å². The summed E-state index contributed by atoms with van der Waals surface area (Å²) in [7, 11) is 3.11. The molecular formula is C22H23N3O4S. The van der Waals surface area contributed by atoms with Crippen LogP contribution in [-0.2, 0) is 11.3 Å². The van der Waals surface area contributed by atoms with Crippen LogP contribution in [0.1, 0.15) is 16.2 Å². The number of morpholine rings is 1. The number of rotatable bonds is 6. The van der Waals surface area contributed by atoms with Crippen LogP contribution in [0.4, 0.5) is 0 Å². The Kier molecular flexibility index (Phi) is 5.96. The molecule has 0 unspecified atom stereocenters. The standard InChI is InChI=1S/C22H23N3O4S/c1-27-15-7-8-16(20(13-15)28-2)19(26)14-25-18-6-4-3-5-17(18)23-21(25)22(30)24-9-11-29-12-10-24/h3-8,13H,9-12,14H2,1-2H3. The number of methoxy groups -OCH3 is 2. The van der Waals surface area contributed by atoms with Gasteiger partial charge in [0, 0.05) is 19.2 Å². The summed E-state index contributed by atoms with van der Waals surface area (Å²) in [5, 5.41) is 0. The van der Waals surface area contributed by atoms with Crippen LogP contribution in [0.25, 0.3) is 11.0 Å². The second-order valence-corrected chi connectivity index (χ2v) is 7.29. The minimum Gasteiger partial charge on any atom is -0.497 e. The lowest BCUT2D eigenvalue weighted by Crippen LogP contribution is -2.41. The summed E-state index contributed by atoms with van der Waals surface area (Å²) in [6.45, 7) is 2.78. The molecule has 0 radical (unpaired) electrons. The predicted octanol–water partition coefficient (Wildman–Crippen LogP) is 2.94. The van der Waals surface area contributed by atoms with Gasteiger partial charge in [0.2, 0.25) is 0 Å². The largest absolute Gasteiger partial charge is 0.497 e. The Morgan fingerprint density at radius 3 is 2.63 bits per heavy atom. The summed E-state index contributed by atoms with van der Waals surface area (Å²) in [4.78, 5) is 20.7. The highest BCUT2D eigenvalue weighted by molar-refractivity contribution is 7.80. The SMILES string of the molecule is COc1ccc(C(=O)Cn2c(C(=S)N3CCOCC3)nc3ccccc32)c(OC)c1. The molecule has 0 amide bonds. The Labute approximate surface area is 180 Å². The molecule has 1 fully saturated rings. The number of para-hydroxylation sites is 2. The fraction of sp³-hybridized carbons (Fsp3) is 0.318. The fourth-order valence-electron chi connectivity index (χ4n) is 3.56. The van der Waals surface area contributed by atoms with E-state index in [0.29, 0.717) is 54.2 Å². The number of hydrogen-bond acceptors (Lipinski definition) is 6. The second-order valence-electron chi connectivity index (χ2n) is 6.90. The van der Waals surface area contributed by atoms with Gasteiger partial charge in [-0.05, 0) is 24.3 Å². The Bertz CT molecular complexity index is 1090. The van der Waals surface area contributed by atoms with E-state index in [0.717, 1.165) is 11.0 Å². The molecular weight excluding hydrogens is 402 g/mol. The van der Waals surface area contributed by atoms with E-state index in [2.05, 4.69) is 4.90 Å². The van der Waals surface area contributed by atoms with Gasteiger partial charge in [0.25, 0.3) is 0 Å². The number of nitrogens with zero attached hydrogens (tertiary/aromatic N) is 3. The van der Waals surface area contributed by atoms with Crippen LogP contribution in [-0.4, -0.2) is 65.7 Å². The highest BCUT2D eigenvalue weighted by atomic mass is 32.1. The monoisotopic (exact) mass is 425 g/mol. The van der Waals surface area contributed by atoms with Crippen molar-refractivity contribution in [2.45, 2.75) is 6.54 Å². The molecule has 1 aliphatic rings. The molecule has 0 atom stereocenters. The molecule has 8 heteroatoms. The highest BCUT2D eigenvalue weighted by Crippen LogP contribution is 2.26. The minimum atomic E-state index is -0.0938. The van der Waals surface area contributed by atoms with Crippen LogP contribution in [0.2, 0.25) is 0 Å². The van der Waals surface area contributed by atoms with Crippen molar-refractivity contribution < 1.29 is 19.0 Å². The van der Waals surface area contributed by atoms with Crippen molar-refractivity contribution in [3.63, 3.8) is 0 Å². The van der Waals surface area contributed by atoms with Crippen molar-refractivity contribution in [1.29, 1.82) is 0 Å². The Morgan fingerprint density at radius 1 is 1.13 bits per heavy atom. The van der Waals surface area contributed by atoms with E-state index in [1.54, 1.807) is 25.3 Å². The summed E-state index contributed by atoms with van der Waals surface area (Å²) >= 11 is 5.75. The molecule has 3 aromatic rings. The lowest BCUT2D eigenvalue weighted by Gasteiger charge is -2.28. The number of Topliss-reactive ketones (excluding diaryl/α,β-unsaturated/α-hetero) is 1. The van der Waals surface area contributed by atoms with E-state index in [1.165, 1.54) is 7.11 Å². The lowest BCUT2D eigenvalue weighted by molar-refractivity contribution is 0.0690. The molecule has 7 nitrogen and oxygen atoms in total. The molecule has 1 saturated heterocycles. The fourth-order valence-corrected chi connectivity index (χ4v) is 3.90. The zero-order valence-corrected chi connectivity index (χ0v) is 17.8. The Hall–Kier alpha value is -2.97. The molecule has 2 heterocycles. The number of ether oxygens (including phenoxy) is 3. The first-order valence-corrected chi connectivity index (χ1v) is 10.1. The number of carbonyl (C=O) groups excluding carboxylic acids is 1. The first-order chi connectivity index (χ1) is 14.6. The van der Waals surface area contributed by atoms with E-state index >= 15 is 0 Å². The van der Waals surface area contributed by atoms with Crippen molar-refractivity contribution in [3.8, 4) is 11.5 Å². The molecule has 0 N–H and O–H groups in total. The molecule has 1 aromatic heterocycles. The van der Waals surface area contributed by atoms with Gasteiger partial charge in [0.1, 0.15) is 16.5 Å². The molecule has 0 bridgehead atoms. The van der Waals surface area contributed by atoms with Gasteiger partial charge in [-0.3, -0.25) is 4.79 Å². The number of thiocarbonyl (C=S) groups is 1. The van der Waals surface area contributed by atoms with E-state index in [-0.39, 0.29) is 12.3 Å². The molecule has 0 saturated carbocycles. The highest BCUT2D eigenvalue weighted by Gasteiger charge is 2.23. The molecule has 4 rings (SSSR count). The predicted molar refractivity (Wildman–Crippen MR) is 118 cm³/mol. The topological polar surface area (TPSA) is 65.8 Å². The van der Waals surface area contributed by atoms with Crippen LogP contribution in [0.5, 0.6) is 11.5 Å². The van der Waals surface area contributed by atoms with Gasteiger partial charge in [0.05, 0.1) is 50.6 Å². The van der Waals surface area contributed by atoms with Gasteiger partial charge in [0.15, 0.2) is 11.6 Å². The average molecular weight is 426 g/mol. The van der Waals surface area contributed by atoms with E-state index in [4.69, 9.17) is 31.4 Å². The molecule has 30 heavy (non-hydrogen) atoms. The second kappa shape index (κ2) is 8.81. The quantitative estimate of drug-likeness (QED) is 0.444. The maximum atomic E-state index is 13.2. The van der Waals surface area contributed by atoms with Gasteiger partial charge < -0.3 is 23.7 Å². The van der Waals surface area contributed by atoms with Crippen LogP contribution in [0, 0.1) is 0 Å². The first kappa shape index (κ1) is 20.3. The summed E-state index contributed by atoms with van der Waals surface area (Å²) in [5.41, 5.74) is 2.15. The number of imidazole rings is 1. The number of fused-ring (bicyclic) bond motifs is 1. The smallest absolute Gasteiger partial charge is 0.186 e. The third-order valence-electron chi connectivity index (χ3n) is 5.15. The zero-order valence-electron chi connectivity index (χ0n) is 17.0. The van der Waals surface area contributed by atoms with Crippen molar-refractivity contribution in [3.05, 3.63) is 53.9 Å². The summed E-state index contributed by atoms with van der Waals surface area (Å²) in [5.74, 6) is 1.63. The van der Waals surface area contributed by atoms with Crippen molar-refractivity contribution >= 4 is 34.0 Å². The Morgan fingerprint density at radius 2 is 1.90 bits per heavy atom. The number of ketones is 1. The summed E-state index contributed by atoms with van der Waals surface area (Å²) in [6.07, 6.45) is 0. The van der Waals surface area contributed by atoms with E-state index in [9.17, 15) is 4.79 Å². The third kappa shape index (κ3) is 3.88. The van der Waals surface area contributed by atoms with E-state index < -0.39 is 0 Å². The van der Waals surface area contributed by atoms with E-state index in [1.807, 2.05) is 28.8 Å². The zero-order chi connectivity index (χ0) is 21.1. The molecule has 156 valence electrons. The van der Waals surface area contributed by atoms with Crippen LogP contribution in [0.3, 0.4) is 0 Å². The van der Waals surface area contributed by atoms with Crippen LogP contribution in [0.15, 0.2) is 42.5 Å². The number of hydrogen-bond donors (Lipinski definition) is 0. The molecule has 0 spiro atoms. The maximum Gasteiger partial charge on any atom is 0.186 e. The van der Waals surface area contributed by atoms with Crippen molar-refractivity contribution in [2.24, 2.45) is 0 Å². The Balaban J connectivity index is 1.71. The van der Waals surface area contributed by atoms with Crippen molar-refractivity contribution in [1.82, 2.24) is 14.5 Å². The lowest BCUT2D eigenvalue weighted by atomic mass is 10.1. The maximum absolute atomic E-state index is 13.2. The molecule has 0 aliphatic carbocycles. The normalized spacial score (nSPS) is 14.0. The van der Waals surface area contributed by atoms with Crippen LogP contribution >= 0.6 is 12.2 Å². The van der Waals surface area contributed by atoms with Crippen LogP contribution < -0.4 is 9.47 Å². The number of benzene rings is 2. The van der Waals surface area contributed by atoms with Crippen molar-refractivity contribution in [2.75, 3.05) is 40.5 Å². The number of aromatic nitrogens is 2. The summed E-state index contributed by atoms with van der Waals surface area (Å²) < 4.78 is 18.0. The number of carbonyl (C=O) groups is 1.